The Kier molecular flexibility index (Phi) is 6.00. The highest BCUT2D eigenvalue weighted by atomic mass is 32.1. The molecule has 2 aromatic rings. The Morgan fingerprint density at radius 3 is 2.88 bits per heavy atom. The quantitative estimate of drug-likeness (QED) is 0.807. The number of carbonyl (C=O) groups excluding carboxylic acids is 1. The lowest BCUT2D eigenvalue weighted by Gasteiger charge is -2.32. The van der Waals surface area contributed by atoms with Gasteiger partial charge in [0.05, 0.1) is 17.1 Å². The lowest BCUT2D eigenvalue weighted by atomic mass is 9.96. The number of thiazole rings is 1. The average Bonchev–Trinajstić information content (AvgIpc) is 3.17. The third-order valence-corrected chi connectivity index (χ3v) is 5.31. The summed E-state index contributed by atoms with van der Waals surface area (Å²) in [5.74, 6) is 0.195. The van der Waals surface area contributed by atoms with Crippen LogP contribution in [-0.4, -0.2) is 35.4 Å². The Bertz CT molecular complexity index is 722. The minimum Gasteiger partial charge on any atom is -0.326 e. The number of piperidine rings is 1. The monoisotopic (exact) mass is 355 g/mol. The van der Waals surface area contributed by atoms with Gasteiger partial charge in [-0.1, -0.05) is 23.8 Å². The van der Waals surface area contributed by atoms with E-state index >= 15 is 0 Å². The van der Waals surface area contributed by atoms with Gasteiger partial charge in [-0.2, -0.15) is 0 Å². The second-order valence-corrected chi connectivity index (χ2v) is 7.37. The molecule has 1 saturated heterocycles. The molecule has 1 N–H and O–H groups in total. The lowest BCUT2D eigenvalue weighted by molar-refractivity contribution is -0.121. The van der Waals surface area contributed by atoms with Crippen LogP contribution in [0.25, 0.3) is 11.3 Å². The van der Waals surface area contributed by atoms with Gasteiger partial charge in [0.25, 0.3) is 0 Å². The fourth-order valence-electron chi connectivity index (χ4n) is 3.18. The van der Waals surface area contributed by atoms with Crippen LogP contribution in [0.4, 0.5) is 5.69 Å². The second-order valence-electron chi connectivity index (χ2n) is 6.65. The molecule has 4 nitrogen and oxygen atoms in total. The van der Waals surface area contributed by atoms with Crippen LogP contribution in [-0.2, 0) is 4.79 Å². The van der Waals surface area contributed by atoms with Crippen molar-refractivity contribution >= 4 is 22.9 Å². The summed E-state index contributed by atoms with van der Waals surface area (Å²) in [5, 5.41) is 5.10. The predicted molar refractivity (Wildman–Crippen MR) is 105 cm³/mol. The van der Waals surface area contributed by atoms with Crippen LogP contribution in [0.2, 0.25) is 0 Å². The molecule has 0 bridgehead atoms. The summed E-state index contributed by atoms with van der Waals surface area (Å²) >= 11 is 1.58. The van der Waals surface area contributed by atoms with Crippen LogP contribution < -0.4 is 5.32 Å². The third kappa shape index (κ3) is 4.77. The molecule has 1 amide bonds. The minimum atomic E-state index is 0.0663. The number of hydrogen-bond acceptors (Lipinski definition) is 4. The Morgan fingerprint density at radius 1 is 1.40 bits per heavy atom. The molecule has 0 radical (unpaired) electrons. The number of amides is 1. The zero-order chi connectivity index (χ0) is 17.6. The zero-order valence-electron chi connectivity index (χ0n) is 14.9. The Morgan fingerprint density at radius 2 is 2.20 bits per heavy atom. The van der Waals surface area contributed by atoms with E-state index < -0.39 is 0 Å². The molecule has 1 aliphatic heterocycles. The average molecular weight is 356 g/mol. The SMILES string of the molecule is C/C=C(\C)CN1CCC[C@@H](C(=O)Nc2ccc(-c3cscn3)cc2)C1. The maximum atomic E-state index is 12.6. The van der Waals surface area contributed by atoms with Crippen molar-refractivity contribution in [2.45, 2.75) is 26.7 Å². The van der Waals surface area contributed by atoms with Crippen LogP contribution in [0.1, 0.15) is 26.7 Å². The van der Waals surface area contributed by atoms with Crippen LogP contribution in [0.5, 0.6) is 0 Å². The van der Waals surface area contributed by atoms with Gasteiger partial charge in [0.2, 0.25) is 5.91 Å². The molecule has 5 heteroatoms. The molecule has 1 aliphatic rings. The summed E-state index contributed by atoms with van der Waals surface area (Å²) in [6.07, 6.45) is 4.19. The Labute approximate surface area is 153 Å². The van der Waals surface area contributed by atoms with E-state index in [1.807, 2.05) is 35.2 Å². The minimum absolute atomic E-state index is 0.0663. The van der Waals surface area contributed by atoms with Crippen LogP contribution >= 0.6 is 11.3 Å². The lowest BCUT2D eigenvalue weighted by Crippen LogP contribution is -2.41. The topological polar surface area (TPSA) is 45.2 Å². The molecule has 1 aromatic heterocycles. The molecule has 132 valence electrons. The van der Waals surface area contributed by atoms with E-state index in [0.29, 0.717) is 0 Å². The molecule has 0 unspecified atom stereocenters. The van der Waals surface area contributed by atoms with Gasteiger partial charge in [0.15, 0.2) is 0 Å². The molecule has 0 spiro atoms. The van der Waals surface area contributed by atoms with Crippen molar-refractivity contribution in [1.82, 2.24) is 9.88 Å². The van der Waals surface area contributed by atoms with Gasteiger partial charge in [-0.05, 0) is 45.4 Å². The smallest absolute Gasteiger partial charge is 0.228 e. The number of likely N-dealkylation sites (tertiary alicyclic amines) is 1. The van der Waals surface area contributed by atoms with Crippen molar-refractivity contribution in [1.29, 1.82) is 0 Å². The normalized spacial score (nSPS) is 19.0. The molecular weight excluding hydrogens is 330 g/mol. The molecular formula is C20H25N3OS. The van der Waals surface area contributed by atoms with Crippen molar-refractivity contribution in [3.8, 4) is 11.3 Å². The number of allylic oxidation sites excluding steroid dienone is 1. The molecule has 1 fully saturated rings. The van der Waals surface area contributed by atoms with Crippen LogP contribution in [0, 0.1) is 5.92 Å². The first kappa shape index (κ1) is 17.8. The number of hydrogen-bond donors (Lipinski definition) is 1. The van der Waals surface area contributed by atoms with E-state index in [-0.39, 0.29) is 11.8 Å². The van der Waals surface area contributed by atoms with Gasteiger partial charge in [0.1, 0.15) is 0 Å². The molecule has 1 atom stereocenters. The first-order valence-corrected chi connectivity index (χ1v) is 9.73. The molecule has 25 heavy (non-hydrogen) atoms. The van der Waals surface area contributed by atoms with Crippen molar-refractivity contribution in [2.75, 3.05) is 25.0 Å². The summed E-state index contributed by atoms with van der Waals surface area (Å²) < 4.78 is 0. The second kappa shape index (κ2) is 8.41. The highest BCUT2D eigenvalue weighted by Gasteiger charge is 2.25. The standard InChI is InChI=1S/C20H25N3OS/c1-3-15(2)11-23-10-4-5-17(12-23)20(24)22-18-8-6-16(7-9-18)19-13-25-14-21-19/h3,6-9,13-14,17H,4-5,10-12H2,1-2H3,(H,22,24)/b15-3+/t17-/m1/s1. The third-order valence-electron chi connectivity index (χ3n) is 4.72. The van der Waals surface area contributed by atoms with E-state index in [4.69, 9.17) is 0 Å². The number of rotatable bonds is 5. The first-order chi connectivity index (χ1) is 12.2. The first-order valence-electron chi connectivity index (χ1n) is 8.79. The highest BCUT2D eigenvalue weighted by Crippen LogP contribution is 2.23. The van der Waals surface area contributed by atoms with Gasteiger partial charge in [0, 0.05) is 29.7 Å². The van der Waals surface area contributed by atoms with Crippen molar-refractivity contribution in [3.05, 3.63) is 46.8 Å². The molecule has 1 aromatic carbocycles. The van der Waals surface area contributed by atoms with E-state index in [0.717, 1.165) is 49.4 Å². The summed E-state index contributed by atoms with van der Waals surface area (Å²) in [7, 11) is 0. The zero-order valence-corrected chi connectivity index (χ0v) is 15.7. The summed E-state index contributed by atoms with van der Waals surface area (Å²) in [4.78, 5) is 19.3. The van der Waals surface area contributed by atoms with Crippen LogP contribution in [0.15, 0.2) is 46.8 Å². The molecule has 3 rings (SSSR count). The predicted octanol–water partition coefficient (Wildman–Crippen LogP) is 4.43. The fourth-order valence-corrected chi connectivity index (χ4v) is 3.74. The van der Waals surface area contributed by atoms with E-state index in [1.165, 1.54) is 5.57 Å². The number of nitrogens with one attached hydrogen (secondary N) is 1. The van der Waals surface area contributed by atoms with E-state index in [9.17, 15) is 4.79 Å². The van der Waals surface area contributed by atoms with Crippen LogP contribution in [0.3, 0.4) is 0 Å². The fraction of sp³-hybridized carbons (Fsp3) is 0.400. The van der Waals surface area contributed by atoms with Gasteiger partial charge in [-0.15, -0.1) is 11.3 Å². The van der Waals surface area contributed by atoms with Crippen molar-refractivity contribution in [3.63, 3.8) is 0 Å². The van der Waals surface area contributed by atoms with Gasteiger partial charge in [-0.3, -0.25) is 9.69 Å². The maximum absolute atomic E-state index is 12.6. The summed E-state index contributed by atoms with van der Waals surface area (Å²) in [6, 6.07) is 7.93. The number of benzene rings is 1. The summed E-state index contributed by atoms with van der Waals surface area (Å²) in [6.45, 7) is 7.10. The highest BCUT2D eigenvalue weighted by molar-refractivity contribution is 7.07. The molecule has 2 heterocycles. The molecule has 0 aliphatic carbocycles. The largest absolute Gasteiger partial charge is 0.326 e. The maximum Gasteiger partial charge on any atom is 0.228 e. The Balaban J connectivity index is 1.58. The summed E-state index contributed by atoms with van der Waals surface area (Å²) in [5.41, 5.74) is 6.09. The van der Waals surface area contributed by atoms with Gasteiger partial charge < -0.3 is 5.32 Å². The number of aromatic nitrogens is 1. The number of carbonyl (C=O) groups is 1. The van der Waals surface area contributed by atoms with Gasteiger partial charge >= 0.3 is 0 Å². The Hall–Kier alpha value is -1.98. The number of nitrogens with zero attached hydrogens (tertiary/aromatic N) is 2. The van der Waals surface area contributed by atoms with Crippen molar-refractivity contribution in [2.24, 2.45) is 5.92 Å². The van der Waals surface area contributed by atoms with Crippen molar-refractivity contribution < 1.29 is 4.79 Å². The van der Waals surface area contributed by atoms with Gasteiger partial charge in [-0.25, -0.2) is 4.98 Å². The van der Waals surface area contributed by atoms with E-state index in [2.05, 4.69) is 35.1 Å². The van der Waals surface area contributed by atoms with E-state index in [1.54, 1.807) is 11.3 Å². The number of anilines is 1. The molecule has 0 saturated carbocycles.